The number of hydrogen-bond acceptors (Lipinski definition) is 4. The lowest BCUT2D eigenvalue weighted by Crippen LogP contribution is -2.47. The molecule has 1 aromatic carbocycles. The van der Waals surface area contributed by atoms with E-state index in [9.17, 15) is 9.59 Å². The maximum atomic E-state index is 12.4. The fraction of sp³-hybridized carbons (Fsp3) is 0.556. The Morgan fingerprint density at radius 2 is 1.84 bits per heavy atom. The summed E-state index contributed by atoms with van der Waals surface area (Å²) in [5.74, 6) is 0.00463. The molecule has 7 heteroatoms. The molecule has 25 heavy (non-hydrogen) atoms. The van der Waals surface area contributed by atoms with Crippen molar-refractivity contribution in [2.45, 2.75) is 26.3 Å². The van der Waals surface area contributed by atoms with Crippen LogP contribution in [0.1, 0.15) is 19.4 Å². The first-order chi connectivity index (χ1) is 11.4. The Hall–Kier alpha value is -1.63. The number of hydrogen-bond donors (Lipinski definition) is 2. The zero-order valence-electron chi connectivity index (χ0n) is 15.2. The van der Waals surface area contributed by atoms with Crippen LogP contribution in [0.4, 0.5) is 5.69 Å². The highest BCUT2D eigenvalue weighted by Gasteiger charge is 2.20. The first kappa shape index (κ1) is 21.4. The van der Waals surface area contributed by atoms with E-state index < -0.39 is 6.04 Å². The number of likely N-dealkylation sites (N-methyl/N-ethyl adjacent to an activating group) is 1. The number of halogens is 1. The lowest BCUT2D eigenvalue weighted by atomic mass is 10.0. The first-order valence-corrected chi connectivity index (χ1v) is 8.48. The number of carbonyl (C=O) groups excluding carboxylic acids is 2. The molecular weight excluding hydrogens is 340 g/mol. The van der Waals surface area contributed by atoms with Crippen LogP contribution in [0.3, 0.4) is 0 Å². The molecule has 1 heterocycles. The van der Waals surface area contributed by atoms with Crippen LogP contribution in [0.2, 0.25) is 0 Å². The highest BCUT2D eigenvalue weighted by molar-refractivity contribution is 5.95. The number of rotatable bonds is 5. The van der Waals surface area contributed by atoms with Crippen molar-refractivity contribution in [3.05, 3.63) is 29.8 Å². The summed E-state index contributed by atoms with van der Waals surface area (Å²) in [6.07, 6.45) is 0.351. The third-order valence-electron chi connectivity index (χ3n) is 4.43. The van der Waals surface area contributed by atoms with Crippen molar-refractivity contribution in [3.8, 4) is 0 Å². The van der Waals surface area contributed by atoms with Gasteiger partial charge in [0.25, 0.3) is 0 Å². The van der Waals surface area contributed by atoms with E-state index in [1.807, 2.05) is 43.0 Å². The molecule has 1 atom stereocenters. The first-order valence-electron chi connectivity index (χ1n) is 8.48. The lowest BCUT2D eigenvalue weighted by Gasteiger charge is -2.32. The number of piperazine rings is 1. The molecule has 2 rings (SSSR count). The summed E-state index contributed by atoms with van der Waals surface area (Å²) in [5, 5.41) is 2.83. The minimum atomic E-state index is -0.541. The average Bonchev–Trinajstić information content (AvgIpc) is 2.54. The Kier molecular flexibility index (Phi) is 8.35. The normalized spacial score (nSPS) is 16.3. The van der Waals surface area contributed by atoms with Gasteiger partial charge in [-0.25, -0.2) is 0 Å². The second kappa shape index (κ2) is 9.75. The van der Waals surface area contributed by atoms with Crippen LogP contribution in [-0.2, 0) is 16.0 Å². The topological polar surface area (TPSA) is 78.7 Å². The molecule has 0 bridgehead atoms. The fourth-order valence-electron chi connectivity index (χ4n) is 2.63. The van der Waals surface area contributed by atoms with Crippen molar-refractivity contribution in [3.63, 3.8) is 0 Å². The smallest absolute Gasteiger partial charge is 0.241 e. The van der Waals surface area contributed by atoms with E-state index in [4.69, 9.17) is 5.73 Å². The average molecular weight is 369 g/mol. The van der Waals surface area contributed by atoms with Crippen molar-refractivity contribution in [2.24, 2.45) is 11.7 Å². The highest BCUT2D eigenvalue weighted by Crippen LogP contribution is 2.14. The van der Waals surface area contributed by atoms with Crippen molar-refractivity contribution in [2.75, 3.05) is 38.5 Å². The van der Waals surface area contributed by atoms with E-state index in [-0.39, 0.29) is 30.1 Å². The molecule has 0 aromatic heterocycles. The van der Waals surface area contributed by atoms with Gasteiger partial charge in [0.05, 0.1) is 12.5 Å². The van der Waals surface area contributed by atoms with E-state index in [0.717, 1.165) is 31.7 Å². The van der Waals surface area contributed by atoms with Crippen molar-refractivity contribution in [1.29, 1.82) is 0 Å². The molecule has 1 aliphatic heterocycles. The van der Waals surface area contributed by atoms with E-state index in [1.165, 1.54) is 0 Å². The Morgan fingerprint density at radius 3 is 2.44 bits per heavy atom. The molecule has 0 spiro atoms. The van der Waals surface area contributed by atoms with Crippen LogP contribution < -0.4 is 11.1 Å². The summed E-state index contributed by atoms with van der Waals surface area (Å²) in [7, 11) is 2.07. The Bertz CT molecular complexity index is 586. The molecule has 0 unspecified atom stereocenters. The van der Waals surface area contributed by atoms with E-state index in [1.54, 1.807) is 0 Å². The second-order valence-corrected chi connectivity index (χ2v) is 6.82. The Labute approximate surface area is 156 Å². The number of amides is 2. The number of anilines is 1. The SMILES string of the molecule is CC(C)[C@H](N)C(=O)Nc1cccc(CC(=O)N2CCN(C)CC2)c1.Cl. The van der Waals surface area contributed by atoms with Gasteiger partial charge in [0.15, 0.2) is 0 Å². The van der Waals surface area contributed by atoms with Gasteiger partial charge < -0.3 is 20.9 Å². The van der Waals surface area contributed by atoms with Gasteiger partial charge in [0.2, 0.25) is 11.8 Å². The van der Waals surface area contributed by atoms with E-state index >= 15 is 0 Å². The fourth-order valence-corrected chi connectivity index (χ4v) is 2.63. The largest absolute Gasteiger partial charge is 0.340 e. The summed E-state index contributed by atoms with van der Waals surface area (Å²) in [6, 6.07) is 6.88. The summed E-state index contributed by atoms with van der Waals surface area (Å²) < 4.78 is 0. The van der Waals surface area contributed by atoms with Crippen LogP contribution in [-0.4, -0.2) is 60.9 Å². The molecule has 140 valence electrons. The molecule has 0 radical (unpaired) electrons. The monoisotopic (exact) mass is 368 g/mol. The van der Waals surface area contributed by atoms with Gasteiger partial charge in [-0.2, -0.15) is 0 Å². The van der Waals surface area contributed by atoms with Gasteiger partial charge in [0, 0.05) is 31.9 Å². The maximum Gasteiger partial charge on any atom is 0.241 e. The minimum absolute atomic E-state index is 0. The molecule has 0 aliphatic carbocycles. The summed E-state index contributed by atoms with van der Waals surface area (Å²) in [4.78, 5) is 28.6. The third-order valence-corrected chi connectivity index (χ3v) is 4.43. The number of nitrogens with one attached hydrogen (secondary N) is 1. The van der Waals surface area contributed by atoms with E-state index in [2.05, 4.69) is 17.3 Å². The predicted octanol–water partition coefficient (Wildman–Crippen LogP) is 1.35. The van der Waals surface area contributed by atoms with Gasteiger partial charge in [-0.3, -0.25) is 9.59 Å². The van der Waals surface area contributed by atoms with Gasteiger partial charge in [-0.05, 0) is 30.7 Å². The number of benzene rings is 1. The molecule has 0 saturated carbocycles. The quantitative estimate of drug-likeness (QED) is 0.822. The van der Waals surface area contributed by atoms with Gasteiger partial charge in [-0.1, -0.05) is 26.0 Å². The van der Waals surface area contributed by atoms with Gasteiger partial charge in [0.1, 0.15) is 0 Å². The Morgan fingerprint density at radius 1 is 1.20 bits per heavy atom. The Balaban J connectivity index is 0.00000312. The van der Waals surface area contributed by atoms with Gasteiger partial charge in [-0.15, -0.1) is 12.4 Å². The van der Waals surface area contributed by atoms with Crippen LogP contribution >= 0.6 is 12.4 Å². The molecule has 1 fully saturated rings. The van der Waals surface area contributed by atoms with Crippen molar-refractivity contribution in [1.82, 2.24) is 9.80 Å². The third kappa shape index (κ3) is 6.30. The molecule has 3 N–H and O–H groups in total. The summed E-state index contributed by atoms with van der Waals surface area (Å²) >= 11 is 0. The lowest BCUT2D eigenvalue weighted by molar-refractivity contribution is -0.132. The molecule has 2 amide bonds. The zero-order chi connectivity index (χ0) is 17.7. The van der Waals surface area contributed by atoms with Crippen LogP contribution in [0, 0.1) is 5.92 Å². The maximum absolute atomic E-state index is 12.4. The van der Waals surface area contributed by atoms with Crippen LogP contribution in [0.15, 0.2) is 24.3 Å². The number of carbonyl (C=O) groups is 2. The second-order valence-electron chi connectivity index (χ2n) is 6.82. The number of nitrogens with two attached hydrogens (primary N) is 1. The summed E-state index contributed by atoms with van der Waals surface area (Å²) in [5.41, 5.74) is 7.44. The molecule has 6 nitrogen and oxygen atoms in total. The predicted molar refractivity (Wildman–Crippen MR) is 103 cm³/mol. The molecule has 1 saturated heterocycles. The number of nitrogens with zero attached hydrogens (tertiary/aromatic N) is 2. The van der Waals surface area contributed by atoms with Crippen molar-refractivity contribution < 1.29 is 9.59 Å². The van der Waals surface area contributed by atoms with Crippen LogP contribution in [0.25, 0.3) is 0 Å². The zero-order valence-corrected chi connectivity index (χ0v) is 16.0. The molecular formula is C18H29ClN4O2. The molecule has 1 aliphatic rings. The standard InChI is InChI=1S/C18H28N4O2.ClH/c1-13(2)17(19)18(24)20-15-6-4-5-14(11-15)12-16(23)22-9-7-21(3)8-10-22;/h4-6,11,13,17H,7-10,12,19H2,1-3H3,(H,20,24);1H/t17-;/m0./s1. The molecule has 1 aromatic rings. The summed E-state index contributed by atoms with van der Waals surface area (Å²) in [6.45, 7) is 7.19. The van der Waals surface area contributed by atoms with Crippen LogP contribution in [0.5, 0.6) is 0 Å². The highest BCUT2D eigenvalue weighted by atomic mass is 35.5. The van der Waals surface area contributed by atoms with Crippen molar-refractivity contribution >= 4 is 29.9 Å². The van der Waals surface area contributed by atoms with Gasteiger partial charge >= 0.3 is 0 Å². The minimum Gasteiger partial charge on any atom is -0.340 e. The van der Waals surface area contributed by atoms with E-state index in [0.29, 0.717) is 12.1 Å².